The summed E-state index contributed by atoms with van der Waals surface area (Å²) >= 11 is 0. The van der Waals surface area contributed by atoms with Crippen LogP contribution in [0.4, 0.5) is 0 Å². The van der Waals surface area contributed by atoms with Gasteiger partial charge in [-0.1, -0.05) is 13.0 Å². The van der Waals surface area contributed by atoms with Crippen LogP contribution in [-0.2, 0) is 6.54 Å². The van der Waals surface area contributed by atoms with Crippen LogP contribution < -0.4 is 5.32 Å². The molecule has 2 aromatic rings. The van der Waals surface area contributed by atoms with E-state index in [2.05, 4.69) is 47.6 Å². The van der Waals surface area contributed by atoms with Crippen LogP contribution in [0.15, 0.2) is 30.7 Å². The second-order valence-electron chi connectivity index (χ2n) is 4.75. The van der Waals surface area contributed by atoms with Crippen molar-refractivity contribution in [2.45, 2.75) is 39.8 Å². The second kappa shape index (κ2) is 6.48. The quantitative estimate of drug-likeness (QED) is 0.866. The van der Waals surface area contributed by atoms with E-state index in [9.17, 15) is 0 Å². The monoisotopic (exact) mass is 258 g/mol. The summed E-state index contributed by atoms with van der Waals surface area (Å²) in [5, 5.41) is 7.93. The van der Waals surface area contributed by atoms with E-state index in [0.717, 1.165) is 25.2 Å². The molecule has 0 spiro atoms. The number of nitrogens with zero attached hydrogens (tertiary/aromatic N) is 3. The van der Waals surface area contributed by atoms with Gasteiger partial charge in [0.2, 0.25) is 0 Å². The van der Waals surface area contributed by atoms with Crippen molar-refractivity contribution in [1.29, 1.82) is 0 Å². The molecule has 19 heavy (non-hydrogen) atoms. The van der Waals surface area contributed by atoms with Gasteiger partial charge in [-0.2, -0.15) is 5.10 Å². The number of aryl methyl sites for hydroxylation is 2. The molecule has 0 saturated heterocycles. The Morgan fingerprint density at radius 3 is 2.63 bits per heavy atom. The molecule has 4 heteroatoms. The van der Waals surface area contributed by atoms with Gasteiger partial charge in [0, 0.05) is 30.2 Å². The van der Waals surface area contributed by atoms with E-state index >= 15 is 0 Å². The fourth-order valence-electron chi connectivity index (χ4n) is 2.07. The first-order valence-corrected chi connectivity index (χ1v) is 6.92. The normalized spacial score (nSPS) is 12.6. The third kappa shape index (κ3) is 3.41. The van der Waals surface area contributed by atoms with Gasteiger partial charge in [-0.05, 0) is 38.4 Å². The fraction of sp³-hybridized carbons (Fsp3) is 0.467. The van der Waals surface area contributed by atoms with Crippen molar-refractivity contribution < 1.29 is 0 Å². The Kier molecular flexibility index (Phi) is 4.68. The molecular weight excluding hydrogens is 236 g/mol. The number of pyridine rings is 1. The highest BCUT2D eigenvalue weighted by molar-refractivity contribution is 5.27. The Bertz CT molecular complexity index is 501. The zero-order valence-corrected chi connectivity index (χ0v) is 11.9. The molecule has 2 heterocycles. The van der Waals surface area contributed by atoms with Crippen molar-refractivity contribution in [2.75, 3.05) is 6.54 Å². The summed E-state index contributed by atoms with van der Waals surface area (Å²) in [5.41, 5.74) is 3.43. The minimum Gasteiger partial charge on any atom is -0.306 e. The van der Waals surface area contributed by atoms with Crippen LogP contribution >= 0.6 is 0 Å². The van der Waals surface area contributed by atoms with Crippen LogP contribution in [0, 0.1) is 6.92 Å². The van der Waals surface area contributed by atoms with E-state index in [1.807, 2.05) is 24.0 Å². The Morgan fingerprint density at radius 2 is 2.05 bits per heavy atom. The van der Waals surface area contributed by atoms with Crippen LogP contribution in [0.2, 0.25) is 0 Å². The van der Waals surface area contributed by atoms with Crippen LogP contribution in [-0.4, -0.2) is 21.3 Å². The van der Waals surface area contributed by atoms with Crippen LogP contribution in [0.1, 0.15) is 43.1 Å². The molecule has 0 fully saturated rings. The van der Waals surface area contributed by atoms with Crippen LogP contribution in [0.25, 0.3) is 0 Å². The SMILES string of the molecule is CCCNC(c1ccc(C)nc1)c1cnn(CC)c1. The van der Waals surface area contributed by atoms with Gasteiger partial charge in [-0.3, -0.25) is 9.67 Å². The lowest BCUT2D eigenvalue weighted by Gasteiger charge is -2.17. The number of hydrogen-bond acceptors (Lipinski definition) is 3. The Hall–Kier alpha value is -1.68. The summed E-state index contributed by atoms with van der Waals surface area (Å²) in [6.45, 7) is 8.15. The molecule has 1 unspecified atom stereocenters. The predicted molar refractivity (Wildman–Crippen MR) is 77.0 cm³/mol. The average molecular weight is 258 g/mol. The van der Waals surface area contributed by atoms with Gasteiger partial charge in [0.25, 0.3) is 0 Å². The second-order valence-corrected chi connectivity index (χ2v) is 4.75. The molecule has 102 valence electrons. The predicted octanol–water partition coefficient (Wildman–Crippen LogP) is 2.70. The topological polar surface area (TPSA) is 42.7 Å². The third-order valence-electron chi connectivity index (χ3n) is 3.18. The maximum absolute atomic E-state index is 4.39. The van der Waals surface area contributed by atoms with E-state index < -0.39 is 0 Å². The van der Waals surface area contributed by atoms with Crippen LogP contribution in [0.5, 0.6) is 0 Å². The average Bonchev–Trinajstić information content (AvgIpc) is 2.90. The lowest BCUT2D eigenvalue weighted by molar-refractivity contribution is 0.594. The molecule has 2 rings (SSSR count). The van der Waals surface area contributed by atoms with Gasteiger partial charge in [0.1, 0.15) is 0 Å². The van der Waals surface area contributed by atoms with Gasteiger partial charge >= 0.3 is 0 Å². The molecule has 2 aromatic heterocycles. The Balaban J connectivity index is 2.26. The minimum absolute atomic E-state index is 0.174. The Morgan fingerprint density at radius 1 is 1.21 bits per heavy atom. The van der Waals surface area contributed by atoms with Crippen molar-refractivity contribution in [3.8, 4) is 0 Å². The molecule has 0 aliphatic heterocycles. The summed E-state index contributed by atoms with van der Waals surface area (Å²) in [7, 11) is 0. The van der Waals surface area contributed by atoms with Crippen molar-refractivity contribution in [1.82, 2.24) is 20.1 Å². The van der Waals surface area contributed by atoms with Crippen molar-refractivity contribution in [3.63, 3.8) is 0 Å². The van der Waals surface area contributed by atoms with Crippen molar-refractivity contribution in [3.05, 3.63) is 47.5 Å². The highest BCUT2D eigenvalue weighted by Gasteiger charge is 2.15. The molecule has 4 nitrogen and oxygen atoms in total. The summed E-state index contributed by atoms with van der Waals surface area (Å²) in [4.78, 5) is 4.39. The third-order valence-corrected chi connectivity index (χ3v) is 3.18. The molecule has 1 N–H and O–H groups in total. The van der Waals surface area contributed by atoms with Gasteiger partial charge < -0.3 is 5.32 Å². The molecule has 0 aliphatic carbocycles. The number of aromatic nitrogens is 3. The van der Waals surface area contributed by atoms with Crippen molar-refractivity contribution in [2.24, 2.45) is 0 Å². The molecule has 0 aliphatic rings. The minimum atomic E-state index is 0.174. The van der Waals surface area contributed by atoms with Gasteiger partial charge in [0.15, 0.2) is 0 Å². The highest BCUT2D eigenvalue weighted by atomic mass is 15.3. The van der Waals surface area contributed by atoms with E-state index in [0.29, 0.717) is 0 Å². The first-order chi connectivity index (χ1) is 9.24. The smallest absolute Gasteiger partial charge is 0.0623 e. The van der Waals surface area contributed by atoms with E-state index in [4.69, 9.17) is 0 Å². The number of hydrogen-bond donors (Lipinski definition) is 1. The summed E-state index contributed by atoms with van der Waals surface area (Å²) in [5.74, 6) is 0. The molecule has 0 radical (unpaired) electrons. The summed E-state index contributed by atoms with van der Waals surface area (Å²) < 4.78 is 1.96. The largest absolute Gasteiger partial charge is 0.306 e. The standard InChI is InChI=1S/C15H22N4/c1-4-8-16-15(13-7-6-12(3)17-9-13)14-10-18-19(5-2)11-14/h6-7,9-11,15-16H,4-5,8H2,1-3H3. The zero-order chi connectivity index (χ0) is 13.7. The first kappa shape index (κ1) is 13.7. The lowest BCUT2D eigenvalue weighted by Crippen LogP contribution is -2.23. The molecular formula is C15H22N4. The van der Waals surface area contributed by atoms with Gasteiger partial charge in [-0.15, -0.1) is 0 Å². The number of rotatable bonds is 6. The van der Waals surface area contributed by atoms with Crippen LogP contribution in [0.3, 0.4) is 0 Å². The molecule has 0 bridgehead atoms. The van der Waals surface area contributed by atoms with Gasteiger partial charge in [0.05, 0.1) is 12.2 Å². The fourth-order valence-corrected chi connectivity index (χ4v) is 2.07. The maximum atomic E-state index is 4.39. The van der Waals surface area contributed by atoms with Gasteiger partial charge in [-0.25, -0.2) is 0 Å². The van der Waals surface area contributed by atoms with E-state index in [1.165, 1.54) is 11.1 Å². The Labute approximate surface area is 114 Å². The van der Waals surface area contributed by atoms with E-state index in [1.54, 1.807) is 0 Å². The summed E-state index contributed by atoms with van der Waals surface area (Å²) in [6, 6.07) is 4.37. The highest BCUT2D eigenvalue weighted by Crippen LogP contribution is 2.21. The van der Waals surface area contributed by atoms with E-state index in [-0.39, 0.29) is 6.04 Å². The van der Waals surface area contributed by atoms with Crippen molar-refractivity contribution >= 4 is 0 Å². The maximum Gasteiger partial charge on any atom is 0.0623 e. The lowest BCUT2D eigenvalue weighted by atomic mass is 10.0. The molecule has 0 saturated carbocycles. The molecule has 0 aromatic carbocycles. The zero-order valence-electron chi connectivity index (χ0n) is 11.9. The number of nitrogens with one attached hydrogen (secondary N) is 1. The molecule has 1 atom stereocenters. The first-order valence-electron chi connectivity index (χ1n) is 6.92. The molecule has 0 amide bonds. The summed E-state index contributed by atoms with van der Waals surface area (Å²) in [6.07, 6.45) is 7.10.